The molecule has 23 heavy (non-hydrogen) atoms. The molecule has 0 atom stereocenters. The maximum absolute atomic E-state index is 11.8. The van der Waals surface area contributed by atoms with E-state index >= 15 is 0 Å². The molecular weight excluding hydrogens is 292 g/mol. The number of aliphatic hydroxyl groups is 1. The van der Waals surface area contributed by atoms with E-state index in [0.717, 1.165) is 19.4 Å². The quantitative estimate of drug-likeness (QED) is 0.230. The highest BCUT2D eigenvalue weighted by Crippen LogP contribution is 2.06. The van der Waals surface area contributed by atoms with Gasteiger partial charge in [-0.05, 0) is 19.4 Å². The van der Waals surface area contributed by atoms with Crippen molar-refractivity contribution in [3.63, 3.8) is 0 Å². The van der Waals surface area contributed by atoms with Crippen LogP contribution in [0.1, 0.15) is 58.8 Å². The Hall–Kier alpha value is -1.38. The molecule has 0 aromatic heterocycles. The van der Waals surface area contributed by atoms with E-state index in [2.05, 4.69) is 11.8 Å². The van der Waals surface area contributed by atoms with E-state index in [1.54, 1.807) is 6.08 Å². The van der Waals surface area contributed by atoms with E-state index in [-0.39, 0.29) is 12.2 Å². The number of unbranched alkanes of at least 4 members (excludes halogenated alkanes) is 5. The Kier molecular flexibility index (Phi) is 14.6. The number of carbonyl (C=O) groups excluding carboxylic acids is 1. The van der Waals surface area contributed by atoms with E-state index in [1.165, 1.54) is 25.7 Å². The first-order valence-corrected chi connectivity index (χ1v) is 8.80. The Morgan fingerprint density at radius 1 is 1.17 bits per heavy atom. The lowest BCUT2D eigenvalue weighted by molar-refractivity contribution is -0.138. The van der Waals surface area contributed by atoms with Crippen LogP contribution in [-0.4, -0.2) is 48.8 Å². The zero-order valence-electron chi connectivity index (χ0n) is 14.7. The highest BCUT2D eigenvalue weighted by atomic mass is 16.5. The summed E-state index contributed by atoms with van der Waals surface area (Å²) in [5.74, 6) is -0.522. The normalized spacial score (nSPS) is 11.5. The molecule has 0 unspecified atom stereocenters. The Bertz CT molecular complexity index is 375. The molecule has 5 nitrogen and oxygen atoms in total. The second kappa shape index (κ2) is 15.5. The Morgan fingerprint density at radius 2 is 1.87 bits per heavy atom. The lowest BCUT2D eigenvalue weighted by atomic mass is 10.1. The van der Waals surface area contributed by atoms with E-state index in [1.807, 2.05) is 13.0 Å². The van der Waals surface area contributed by atoms with Crippen LogP contribution < -0.4 is 0 Å². The third kappa shape index (κ3) is 11.8. The molecular formula is C18H32N2O3. The zero-order valence-corrected chi connectivity index (χ0v) is 14.7. The lowest BCUT2D eigenvalue weighted by Crippen LogP contribution is -2.27. The van der Waals surface area contributed by atoms with Crippen molar-refractivity contribution in [2.75, 3.05) is 32.8 Å². The number of aliphatic hydroxyl groups excluding tert-OH is 1. The number of ether oxygens (including phenoxy) is 1. The minimum absolute atomic E-state index is 0.0797. The van der Waals surface area contributed by atoms with Crippen molar-refractivity contribution in [1.82, 2.24) is 4.90 Å². The summed E-state index contributed by atoms with van der Waals surface area (Å²) in [7, 11) is 0. The molecule has 0 amide bonds. The first-order valence-electron chi connectivity index (χ1n) is 8.80. The monoisotopic (exact) mass is 324 g/mol. The summed E-state index contributed by atoms with van der Waals surface area (Å²) in [6.07, 6.45) is 9.02. The summed E-state index contributed by atoms with van der Waals surface area (Å²) in [4.78, 5) is 13.9. The van der Waals surface area contributed by atoms with Crippen LogP contribution in [0.15, 0.2) is 11.6 Å². The van der Waals surface area contributed by atoms with Crippen LogP contribution in [0.4, 0.5) is 0 Å². The number of hydrogen-bond donors (Lipinski definition) is 1. The molecule has 0 bridgehead atoms. The standard InChI is InChI=1S/C18H32N2O3/c1-3-5-6-7-8-9-15-23-18(22)17(16-19)11-10-12-20(4-2)13-14-21/h11,21H,3-10,12-15H2,1-2H3/b17-11+. The van der Waals surface area contributed by atoms with Crippen LogP contribution in [-0.2, 0) is 9.53 Å². The van der Waals surface area contributed by atoms with Crippen molar-refractivity contribution in [3.8, 4) is 6.07 Å². The highest BCUT2D eigenvalue weighted by Gasteiger charge is 2.10. The van der Waals surface area contributed by atoms with E-state index in [4.69, 9.17) is 15.1 Å². The topological polar surface area (TPSA) is 73.6 Å². The number of hydrogen-bond acceptors (Lipinski definition) is 5. The summed E-state index contributed by atoms with van der Waals surface area (Å²) in [6.45, 7) is 6.85. The smallest absolute Gasteiger partial charge is 0.348 e. The van der Waals surface area contributed by atoms with Crippen LogP contribution in [0.25, 0.3) is 0 Å². The second-order valence-electron chi connectivity index (χ2n) is 5.58. The van der Waals surface area contributed by atoms with Crippen molar-refractivity contribution in [1.29, 1.82) is 5.26 Å². The van der Waals surface area contributed by atoms with Gasteiger partial charge in [0.05, 0.1) is 13.2 Å². The van der Waals surface area contributed by atoms with Gasteiger partial charge in [0.15, 0.2) is 0 Å². The molecule has 1 N–H and O–H groups in total. The van der Waals surface area contributed by atoms with Gasteiger partial charge in [0, 0.05) is 13.1 Å². The van der Waals surface area contributed by atoms with Crippen molar-refractivity contribution in [2.24, 2.45) is 0 Å². The minimum Gasteiger partial charge on any atom is -0.462 e. The molecule has 0 rings (SSSR count). The van der Waals surface area contributed by atoms with E-state index in [9.17, 15) is 4.79 Å². The molecule has 0 saturated heterocycles. The largest absolute Gasteiger partial charge is 0.462 e. The van der Waals surface area contributed by atoms with Crippen LogP contribution in [0, 0.1) is 11.3 Å². The molecule has 0 aromatic rings. The van der Waals surface area contributed by atoms with Crippen LogP contribution in [0.3, 0.4) is 0 Å². The molecule has 0 radical (unpaired) electrons. The van der Waals surface area contributed by atoms with Gasteiger partial charge in [-0.15, -0.1) is 0 Å². The van der Waals surface area contributed by atoms with Crippen LogP contribution >= 0.6 is 0 Å². The molecule has 5 heteroatoms. The van der Waals surface area contributed by atoms with Gasteiger partial charge in [-0.3, -0.25) is 0 Å². The van der Waals surface area contributed by atoms with Crippen LogP contribution in [0.5, 0.6) is 0 Å². The third-order valence-electron chi connectivity index (χ3n) is 3.73. The number of carbonyl (C=O) groups is 1. The average molecular weight is 324 g/mol. The number of rotatable bonds is 14. The molecule has 0 aliphatic rings. The van der Waals surface area contributed by atoms with E-state index < -0.39 is 5.97 Å². The third-order valence-corrected chi connectivity index (χ3v) is 3.73. The zero-order chi connectivity index (χ0) is 17.3. The number of nitrogens with zero attached hydrogens (tertiary/aromatic N) is 2. The maximum atomic E-state index is 11.8. The van der Waals surface area contributed by atoms with Gasteiger partial charge in [-0.1, -0.05) is 52.0 Å². The minimum atomic E-state index is -0.522. The van der Waals surface area contributed by atoms with Crippen molar-refractivity contribution >= 4 is 5.97 Å². The average Bonchev–Trinajstić information content (AvgIpc) is 2.56. The molecule has 0 saturated carbocycles. The lowest BCUT2D eigenvalue weighted by Gasteiger charge is -2.17. The van der Waals surface area contributed by atoms with Gasteiger partial charge in [0.25, 0.3) is 0 Å². The summed E-state index contributed by atoms with van der Waals surface area (Å²) in [5, 5.41) is 18.0. The molecule has 0 aromatic carbocycles. The van der Waals surface area contributed by atoms with Crippen LogP contribution in [0.2, 0.25) is 0 Å². The summed E-state index contributed by atoms with van der Waals surface area (Å²) in [5.41, 5.74) is 0.0797. The van der Waals surface area contributed by atoms with Gasteiger partial charge >= 0.3 is 5.97 Å². The fourth-order valence-electron chi connectivity index (χ4n) is 2.26. The highest BCUT2D eigenvalue weighted by molar-refractivity contribution is 5.92. The van der Waals surface area contributed by atoms with Gasteiger partial charge in [0.1, 0.15) is 11.6 Å². The number of nitriles is 1. The SMILES string of the molecule is CCCCCCCCOC(=O)/C(C#N)=C/CCN(CC)CCO. The predicted molar refractivity (Wildman–Crippen MR) is 91.8 cm³/mol. The van der Waals surface area contributed by atoms with Gasteiger partial charge in [-0.25, -0.2) is 4.79 Å². The molecule has 0 fully saturated rings. The van der Waals surface area contributed by atoms with Crippen molar-refractivity contribution in [3.05, 3.63) is 11.6 Å². The molecule has 0 spiro atoms. The fourth-order valence-corrected chi connectivity index (χ4v) is 2.26. The summed E-state index contributed by atoms with van der Waals surface area (Å²) in [6, 6.07) is 1.91. The van der Waals surface area contributed by atoms with E-state index in [0.29, 0.717) is 26.1 Å². The van der Waals surface area contributed by atoms with Gasteiger partial charge in [0.2, 0.25) is 0 Å². The second-order valence-corrected chi connectivity index (χ2v) is 5.58. The predicted octanol–water partition coefficient (Wildman–Crippen LogP) is 3.04. The number of esters is 1. The van der Waals surface area contributed by atoms with Crippen molar-refractivity contribution in [2.45, 2.75) is 58.8 Å². The Morgan fingerprint density at radius 3 is 2.48 bits per heavy atom. The Labute approximate surface area is 140 Å². The first-order chi connectivity index (χ1) is 11.2. The first kappa shape index (κ1) is 21.6. The molecule has 132 valence electrons. The molecule has 0 aliphatic heterocycles. The summed E-state index contributed by atoms with van der Waals surface area (Å²) < 4.78 is 5.15. The molecule has 0 heterocycles. The molecule has 0 aliphatic carbocycles. The summed E-state index contributed by atoms with van der Waals surface area (Å²) >= 11 is 0. The fraction of sp³-hybridized carbons (Fsp3) is 0.778. The van der Waals surface area contributed by atoms with Gasteiger partial charge < -0.3 is 14.7 Å². The Balaban J connectivity index is 3.97. The maximum Gasteiger partial charge on any atom is 0.348 e. The van der Waals surface area contributed by atoms with Crippen molar-refractivity contribution < 1.29 is 14.6 Å². The van der Waals surface area contributed by atoms with Gasteiger partial charge in [-0.2, -0.15) is 5.26 Å². The number of likely N-dealkylation sites (N-methyl/N-ethyl adjacent to an activating group) is 1.